The third kappa shape index (κ3) is 6.37. The molecule has 0 saturated heterocycles. The average molecular weight is 509 g/mol. The van der Waals surface area contributed by atoms with Gasteiger partial charge in [0.1, 0.15) is 5.60 Å². The highest BCUT2D eigenvalue weighted by Gasteiger charge is 2.38. The highest BCUT2D eigenvalue weighted by molar-refractivity contribution is 6.44. The molecule has 0 aromatic heterocycles. The number of carbonyl (C=O) groups excluding carboxylic acids is 4. The Morgan fingerprint density at radius 2 is 1.57 bits per heavy atom. The van der Waals surface area contributed by atoms with Crippen molar-refractivity contribution in [2.24, 2.45) is 0 Å². The van der Waals surface area contributed by atoms with Gasteiger partial charge in [-0.15, -0.1) is 0 Å². The lowest BCUT2D eigenvalue weighted by molar-refractivity contribution is -0.149. The van der Waals surface area contributed by atoms with Crippen LogP contribution in [0.3, 0.4) is 0 Å². The van der Waals surface area contributed by atoms with Gasteiger partial charge in [-0.1, -0.05) is 43.7 Å². The third-order valence-electron chi connectivity index (χ3n) is 6.34. The van der Waals surface area contributed by atoms with Gasteiger partial charge in [-0.3, -0.25) is 19.7 Å². The van der Waals surface area contributed by atoms with Crippen molar-refractivity contribution in [2.45, 2.75) is 78.5 Å². The number of fused-ring (bicyclic) bond motifs is 1. The summed E-state index contributed by atoms with van der Waals surface area (Å²) in [5.74, 6) is -1.87. The topological polar surface area (TPSA) is 102 Å². The van der Waals surface area contributed by atoms with Crippen LogP contribution in [0.1, 0.15) is 81.4 Å². The Kier molecular flexibility index (Phi) is 8.41. The number of ether oxygens (including phenoxy) is 2. The van der Waals surface area contributed by atoms with Gasteiger partial charge in [0.2, 0.25) is 0 Å². The first kappa shape index (κ1) is 27.9. The quantitative estimate of drug-likeness (QED) is 0.292. The van der Waals surface area contributed by atoms with Crippen molar-refractivity contribution in [2.75, 3.05) is 11.9 Å². The number of nitrogens with one attached hydrogen (secondary N) is 1. The highest BCUT2D eigenvalue weighted by atomic mass is 16.6. The zero-order valence-electron chi connectivity index (χ0n) is 22.5. The number of hydrogen-bond acceptors (Lipinski definition) is 6. The number of Topliss-reactive ketones (excluding diaryl/α,β-unsaturated/α-hetero) is 1. The van der Waals surface area contributed by atoms with E-state index in [0.717, 1.165) is 11.1 Å². The Bertz CT molecular complexity index is 1170. The standard InChI is InChI=1S/C29H36N2O6/c1-7-15-29(6,26(34)36-8-2)21-13-14-23(30-27(35)37-28(3,4)5)22(16-21)24(32)25(33)31-17-19-11-9-10-12-20(19)18-31/h9-14,16H,7-8,15,17-18H2,1-6H3,(H,30,35). The van der Waals surface area contributed by atoms with E-state index in [0.29, 0.717) is 31.5 Å². The van der Waals surface area contributed by atoms with Crippen molar-refractivity contribution in [1.29, 1.82) is 0 Å². The van der Waals surface area contributed by atoms with E-state index in [1.807, 2.05) is 31.2 Å². The number of amides is 2. The smallest absolute Gasteiger partial charge is 0.412 e. The number of benzene rings is 2. The van der Waals surface area contributed by atoms with E-state index in [2.05, 4.69) is 5.32 Å². The molecule has 2 amide bonds. The minimum atomic E-state index is -1.03. The van der Waals surface area contributed by atoms with E-state index < -0.39 is 34.8 Å². The molecular formula is C29H36N2O6. The second kappa shape index (κ2) is 11.2. The van der Waals surface area contributed by atoms with Gasteiger partial charge in [0.05, 0.1) is 23.3 Å². The average Bonchev–Trinajstić information content (AvgIpc) is 3.26. The van der Waals surface area contributed by atoms with Crippen molar-refractivity contribution < 1.29 is 28.7 Å². The highest BCUT2D eigenvalue weighted by Crippen LogP contribution is 2.34. The summed E-state index contributed by atoms with van der Waals surface area (Å²) in [5.41, 5.74) is 0.853. The lowest BCUT2D eigenvalue weighted by Gasteiger charge is -2.28. The molecule has 8 nitrogen and oxygen atoms in total. The van der Waals surface area contributed by atoms with Crippen LogP contribution in [0.2, 0.25) is 0 Å². The second-order valence-electron chi connectivity index (χ2n) is 10.4. The van der Waals surface area contributed by atoms with Crippen molar-refractivity contribution in [1.82, 2.24) is 4.90 Å². The normalized spacial score (nSPS) is 14.4. The van der Waals surface area contributed by atoms with E-state index >= 15 is 0 Å². The molecule has 37 heavy (non-hydrogen) atoms. The lowest BCUT2D eigenvalue weighted by atomic mass is 9.77. The number of carbonyl (C=O) groups is 4. The summed E-state index contributed by atoms with van der Waals surface area (Å²) < 4.78 is 10.7. The first-order valence-corrected chi connectivity index (χ1v) is 12.6. The van der Waals surface area contributed by atoms with Crippen LogP contribution >= 0.6 is 0 Å². The second-order valence-corrected chi connectivity index (χ2v) is 10.4. The number of rotatable bonds is 8. The van der Waals surface area contributed by atoms with Crippen LogP contribution in [-0.2, 0) is 37.6 Å². The van der Waals surface area contributed by atoms with E-state index in [1.165, 1.54) is 17.0 Å². The van der Waals surface area contributed by atoms with Gasteiger partial charge in [-0.25, -0.2) is 4.79 Å². The Morgan fingerprint density at radius 1 is 0.946 bits per heavy atom. The fraction of sp³-hybridized carbons (Fsp3) is 0.448. The van der Waals surface area contributed by atoms with Gasteiger partial charge in [-0.2, -0.15) is 0 Å². The number of hydrogen-bond donors (Lipinski definition) is 1. The van der Waals surface area contributed by atoms with Crippen LogP contribution in [0.25, 0.3) is 0 Å². The largest absolute Gasteiger partial charge is 0.465 e. The molecule has 3 rings (SSSR count). The molecule has 198 valence electrons. The first-order chi connectivity index (χ1) is 17.4. The molecule has 1 N–H and O–H groups in total. The number of ketones is 1. The van der Waals surface area contributed by atoms with Gasteiger partial charge in [0.15, 0.2) is 0 Å². The third-order valence-corrected chi connectivity index (χ3v) is 6.34. The molecule has 2 aromatic rings. The zero-order chi connectivity index (χ0) is 27.4. The maximum absolute atomic E-state index is 13.6. The van der Waals surface area contributed by atoms with Crippen molar-refractivity contribution in [3.05, 3.63) is 64.7 Å². The monoisotopic (exact) mass is 508 g/mol. The number of esters is 1. The Hall–Kier alpha value is -3.68. The zero-order valence-corrected chi connectivity index (χ0v) is 22.5. The molecular weight excluding hydrogens is 472 g/mol. The van der Waals surface area contributed by atoms with Gasteiger partial charge in [-0.05, 0) is 69.9 Å². The van der Waals surface area contributed by atoms with Gasteiger partial charge < -0.3 is 14.4 Å². The van der Waals surface area contributed by atoms with Crippen molar-refractivity contribution in [3.63, 3.8) is 0 Å². The Balaban J connectivity index is 2.01. The summed E-state index contributed by atoms with van der Waals surface area (Å²) in [6.07, 6.45) is 0.423. The van der Waals surface area contributed by atoms with Crippen LogP contribution in [0, 0.1) is 0 Å². The van der Waals surface area contributed by atoms with Crippen LogP contribution in [-0.4, -0.2) is 40.9 Å². The predicted molar refractivity (Wildman–Crippen MR) is 140 cm³/mol. The molecule has 8 heteroatoms. The molecule has 0 spiro atoms. The molecule has 1 aliphatic heterocycles. The molecule has 0 bridgehead atoms. The predicted octanol–water partition coefficient (Wildman–Crippen LogP) is 5.38. The van der Waals surface area contributed by atoms with Gasteiger partial charge >= 0.3 is 12.1 Å². The molecule has 0 aliphatic carbocycles. The molecule has 1 unspecified atom stereocenters. The van der Waals surface area contributed by atoms with E-state index in [4.69, 9.17) is 9.47 Å². The maximum atomic E-state index is 13.6. The van der Waals surface area contributed by atoms with E-state index in [1.54, 1.807) is 40.7 Å². The Labute approximate surface area is 218 Å². The minimum absolute atomic E-state index is 0.00376. The number of nitrogens with zero attached hydrogens (tertiary/aromatic N) is 1. The maximum Gasteiger partial charge on any atom is 0.412 e. The molecule has 2 aromatic carbocycles. The lowest BCUT2D eigenvalue weighted by Crippen LogP contribution is -2.36. The molecule has 0 radical (unpaired) electrons. The van der Waals surface area contributed by atoms with Gasteiger partial charge in [0.25, 0.3) is 11.7 Å². The molecule has 1 aliphatic rings. The van der Waals surface area contributed by atoms with Crippen LogP contribution < -0.4 is 5.32 Å². The van der Waals surface area contributed by atoms with E-state index in [9.17, 15) is 19.2 Å². The molecule has 1 atom stereocenters. The molecule has 0 fully saturated rings. The fourth-order valence-electron chi connectivity index (χ4n) is 4.49. The van der Waals surface area contributed by atoms with Crippen LogP contribution in [0.4, 0.5) is 10.5 Å². The van der Waals surface area contributed by atoms with Crippen molar-refractivity contribution in [3.8, 4) is 0 Å². The summed E-state index contributed by atoms with van der Waals surface area (Å²) >= 11 is 0. The van der Waals surface area contributed by atoms with Crippen molar-refractivity contribution >= 4 is 29.4 Å². The summed E-state index contributed by atoms with van der Waals surface area (Å²) in [6.45, 7) is 11.5. The summed E-state index contributed by atoms with van der Waals surface area (Å²) in [6, 6.07) is 12.4. The Morgan fingerprint density at radius 3 is 2.11 bits per heavy atom. The SMILES string of the molecule is CCCC(C)(C(=O)OCC)c1ccc(NC(=O)OC(C)(C)C)c(C(=O)C(=O)N2Cc3ccccc3C2)c1. The summed E-state index contributed by atoms with van der Waals surface area (Å²) in [4.78, 5) is 53.9. The van der Waals surface area contributed by atoms with Gasteiger partial charge in [0, 0.05) is 13.1 Å². The van der Waals surface area contributed by atoms with Crippen LogP contribution in [0.15, 0.2) is 42.5 Å². The van der Waals surface area contributed by atoms with Crippen LogP contribution in [0.5, 0.6) is 0 Å². The minimum Gasteiger partial charge on any atom is -0.465 e. The van der Waals surface area contributed by atoms with E-state index in [-0.39, 0.29) is 17.9 Å². The summed E-state index contributed by atoms with van der Waals surface area (Å²) in [5, 5.41) is 2.61. The summed E-state index contributed by atoms with van der Waals surface area (Å²) in [7, 11) is 0. The molecule has 0 saturated carbocycles. The molecule has 1 heterocycles. The first-order valence-electron chi connectivity index (χ1n) is 12.6. The number of anilines is 1. The fourth-order valence-corrected chi connectivity index (χ4v) is 4.49.